The molecule has 8 rings (SSSR count). The van der Waals surface area contributed by atoms with Crippen LogP contribution in [0.25, 0.3) is 16.5 Å². The van der Waals surface area contributed by atoms with Crippen molar-refractivity contribution in [1.29, 1.82) is 0 Å². The van der Waals surface area contributed by atoms with E-state index in [1.807, 2.05) is 43.5 Å². The second-order valence-corrected chi connectivity index (χ2v) is 19.3. The lowest BCUT2D eigenvalue weighted by Crippen LogP contribution is -2.47. The van der Waals surface area contributed by atoms with Gasteiger partial charge in [0.1, 0.15) is 17.2 Å². The second kappa shape index (κ2) is 16.6. The molecule has 1 atom stereocenters. The smallest absolute Gasteiger partial charge is 0.293 e. The third-order valence-corrected chi connectivity index (χ3v) is 13.6. The topological polar surface area (TPSA) is 162 Å². The number of H-pyrrole nitrogens is 1. The van der Waals surface area contributed by atoms with Gasteiger partial charge < -0.3 is 25.3 Å². The average Bonchev–Trinajstić information content (AvgIpc) is 3.87. The standard InChI is InChI=1S/C45H50ClN7O6S/c1-44(2)16-14-32(38(27-44)30-4-6-33(46)7-5-30)28-51-20-22-52(23-21-51)34-8-11-37(42(25-34)59-35-9-12-39-31(24-35)15-18-48-39)43(54)50-60(57,58)36-10-13-40(41(26-36)53(55)56)49-45(3)17-19-47-29-45/h4-13,15,18,24-26,47-49H,14,16-17,19-23,27-29H2,1-3H3,(H,50,54)/t45-/m0/s1. The van der Waals surface area contributed by atoms with E-state index in [1.54, 1.807) is 24.3 Å². The Labute approximate surface area is 355 Å². The summed E-state index contributed by atoms with van der Waals surface area (Å²) in [5.41, 5.74) is 5.44. The summed E-state index contributed by atoms with van der Waals surface area (Å²) in [7, 11) is -4.54. The van der Waals surface area contributed by atoms with Crippen molar-refractivity contribution < 1.29 is 22.9 Å². The highest BCUT2D eigenvalue weighted by Gasteiger charge is 2.33. The number of hydrogen-bond donors (Lipinski definition) is 4. The number of amides is 1. The number of carbonyl (C=O) groups is 1. The summed E-state index contributed by atoms with van der Waals surface area (Å²) in [6.45, 7) is 12.0. The van der Waals surface area contributed by atoms with Crippen LogP contribution in [0, 0.1) is 15.5 Å². The van der Waals surface area contributed by atoms with Crippen LogP contribution in [0.5, 0.6) is 11.5 Å². The molecule has 2 fully saturated rings. The number of sulfonamides is 1. The minimum Gasteiger partial charge on any atom is -0.456 e. The number of nitrogens with zero attached hydrogens (tertiary/aromatic N) is 3. The van der Waals surface area contributed by atoms with E-state index in [-0.39, 0.29) is 22.4 Å². The van der Waals surface area contributed by atoms with Crippen molar-refractivity contribution in [2.24, 2.45) is 5.41 Å². The summed E-state index contributed by atoms with van der Waals surface area (Å²) >= 11 is 6.24. The Morgan fingerprint density at radius 2 is 1.73 bits per heavy atom. The molecule has 2 saturated heterocycles. The van der Waals surface area contributed by atoms with Crippen molar-refractivity contribution in [1.82, 2.24) is 19.9 Å². The lowest BCUT2D eigenvalue weighted by molar-refractivity contribution is -0.384. The molecule has 314 valence electrons. The van der Waals surface area contributed by atoms with Crippen LogP contribution in [0.1, 0.15) is 62.4 Å². The van der Waals surface area contributed by atoms with Gasteiger partial charge in [-0.2, -0.15) is 0 Å². The van der Waals surface area contributed by atoms with Gasteiger partial charge in [-0.1, -0.05) is 43.2 Å². The molecule has 3 aliphatic rings. The fourth-order valence-electron chi connectivity index (χ4n) is 8.52. The van der Waals surface area contributed by atoms with Gasteiger partial charge >= 0.3 is 0 Å². The monoisotopic (exact) mass is 851 g/mol. The van der Waals surface area contributed by atoms with Gasteiger partial charge in [-0.25, -0.2) is 13.1 Å². The average molecular weight is 852 g/mol. The van der Waals surface area contributed by atoms with E-state index in [0.717, 1.165) is 92.6 Å². The Hall–Kier alpha value is -5.41. The largest absolute Gasteiger partial charge is 0.456 e. The predicted molar refractivity (Wildman–Crippen MR) is 237 cm³/mol. The molecule has 15 heteroatoms. The maximum atomic E-state index is 13.9. The minimum atomic E-state index is -4.54. The quantitative estimate of drug-likeness (QED) is 0.0707. The molecule has 5 aromatic rings. The molecule has 4 aromatic carbocycles. The number of nitro benzene ring substituents is 1. The first-order valence-electron chi connectivity index (χ1n) is 20.3. The number of aromatic nitrogens is 1. The number of benzene rings is 4. The Balaban J connectivity index is 1.02. The number of ether oxygens (including phenoxy) is 1. The zero-order chi connectivity index (χ0) is 42.2. The highest BCUT2D eigenvalue weighted by molar-refractivity contribution is 7.90. The van der Waals surface area contributed by atoms with Crippen molar-refractivity contribution in [3.8, 4) is 11.5 Å². The number of anilines is 2. The van der Waals surface area contributed by atoms with E-state index in [4.69, 9.17) is 16.3 Å². The second-order valence-electron chi connectivity index (χ2n) is 17.2. The maximum absolute atomic E-state index is 13.9. The fourth-order valence-corrected chi connectivity index (χ4v) is 9.63. The van der Waals surface area contributed by atoms with E-state index in [0.29, 0.717) is 12.3 Å². The molecule has 4 N–H and O–H groups in total. The molecular formula is C45H50ClN7O6S. The van der Waals surface area contributed by atoms with Crippen molar-refractivity contribution in [2.45, 2.75) is 56.9 Å². The molecule has 13 nitrogen and oxygen atoms in total. The van der Waals surface area contributed by atoms with Crippen molar-refractivity contribution >= 4 is 61.1 Å². The zero-order valence-electron chi connectivity index (χ0n) is 34.0. The number of aromatic amines is 1. The first kappa shape index (κ1) is 41.3. The van der Waals surface area contributed by atoms with Gasteiger partial charge in [-0.15, -0.1) is 0 Å². The molecule has 0 saturated carbocycles. The van der Waals surface area contributed by atoms with Crippen LogP contribution in [0.15, 0.2) is 102 Å². The molecular weight excluding hydrogens is 802 g/mol. The molecule has 1 aromatic heterocycles. The predicted octanol–water partition coefficient (Wildman–Crippen LogP) is 8.59. The Morgan fingerprint density at radius 1 is 0.950 bits per heavy atom. The van der Waals surface area contributed by atoms with Crippen LogP contribution in [0.3, 0.4) is 0 Å². The van der Waals surface area contributed by atoms with Crippen molar-refractivity contribution in [3.63, 3.8) is 0 Å². The van der Waals surface area contributed by atoms with Gasteiger partial charge in [0.2, 0.25) is 0 Å². The first-order chi connectivity index (χ1) is 28.6. The molecule has 1 amide bonds. The molecule has 1 aliphatic carbocycles. The third-order valence-electron chi connectivity index (χ3n) is 12.0. The molecule has 0 bridgehead atoms. The maximum Gasteiger partial charge on any atom is 0.293 e. The van der Waals surface area contributed by atoms with Crippen LogP contribution < -0.4 is 25.0 Å². The third kappa shape index (κ3) is 9.16. The summed E-state index contributed by atoms with van der Waals surface area (Å²) in [5, 5.41) is 20.2. The van der Waals surface area contributed by atoms with Crippen LogP contribution in [-0.2, 0) is 10.0 Å². The summed E-state index contributed by atoms with van der Waals surface area (Å²) in [6, 6.07) is 24.3. The number of nitro groups is 1. The number of nitrogens with one attached hydrogen (secondary N) is 4. The molecule has 2 aliphatic heterocycles. The number of carbonyl (C=O) groups excluding carboxylic acids is 1. The number of hydrogen-bond acceptors (Lipinski definition) is 10. The fraction of sp³-hybridized carbons (Fsp3) is 0.356. The van der Waals surface area contributed by atoms with Crippen LogP contribution in [0.4, 0.5) is 17.1 Å². The normalized spacial score (nSPS) is 19.7. The summed E-state index contributed by atoms with van der Waals surface area (Å²) in [4.78, 5) is 32.9. The van der Waals surface area contributed by atoms with Gasteiger partial charge in [0.25, 0.3) is 21.6 Å². The Bertz CT molecular complexity index is 2580. The number of rotatable bonds is 12. The van der Waals surface area contributed by atoms with Crippen LogP contribution in [-0.4, -0.2) is 80.5 Å². The van der Waals surface area contributed by atoms with E-state index < -0.39 is 37.0 Å². The minimum absolute atomic E-state index is 0.00791. The van der Waals surface area contributed by atoms with Crippen LogP contribution in [0.2, 0.25) is 5.02 Å². The molecule has 0 radical (unpaired) electrons. The zero-order valence-corrected chi connectivity index (χ0v) is 35.6. The van der Waals surface area contributed by atoms with Crippen LogP contribution >= 0.6 is 11.6 Å². The lowest BCUT2D eigenvalue weighted by atomic mass is 9.72. The lowest BCUT2D eigenvalue weighted by Gasteiger charge is -2.39. The summed E-state index contributed by atoms with van der Waals surface area (Å²) < 4.78 is 35.9. The summed E-state index contributed by atoms with van der Waals surface area (Å²) in [5.74, 6) is -0.297. The van der Waals surface area contributed by atoms with Gasteiger partial charge in [-0.05, 0) is 116 Å². The first-order valence-corrected chi connectivity index (χ1v) is 22.2. The van der Waals surface area contributed by atoms with E-state index in [1.165, 1.54) is 28.8 Å². The molecule has 0 spiro atoms. The van der Waals surface area contributed by atoms with E-state index in [9.17, 15) is 23.3 Å². The highest BCUT2D eigenvalue weighted by Crippen LogP contribution is 2.43. The molecule has 3 heterocycles. The molecule has 60 heavy (non-hydrogen) atoms. The van der Waals surface area contributed by atoms with Gasteiger partial charge in [-0.3, -0.25) is 19.8 Å². The van der Waals surface area contributed by atoms with Crippen molar-refractivity contribution in [3.05, 3.63) is 123 Å². The highest BCUT2D eigenvalue weighted by atomic mass is 35.5. The van der Waals surface area contributed by atoms with Gasteiger partial charge in [0, 0.05) is 84.7 Å². The number of allylic oxidation sites excluding steroid dienone is 1. The molecule has 0 unspecified atom stereocenters. The van der Waals surface area contributed by atoms with E-state index in [2.05, 4.69) is 56.1 Å². The van der Waals surface area contributed by atoms with Gasteiger partial charge in [0.15, 0.2) is 0 Å². The summed E-state index contributed by atoms with van der Waals surface area (Å²) in [6.07, 6.45) is 5.77. The SMILES string of the molecule is CC1(C)CCC(CN2CCN(c3ccc(C(=O)NS(=O)(=O)c4ccc(N[C@@]5(C)CCNC5)c([N+](=O)[O-])c4)c(Oc4ccc5[nH]ccc5c4)c3)CC2)=C(c2ccc(Cl)cc2)C1. The van der Waals surface area contributed by atoms with Gasteiger partial charge in [0.05, 0.1) is 15.4 Å². The number of piperazine rings is 1. The van der Waals surface area contributed by atoms with E-state index >= 15 is 0 Å². The Morgan fingerprint density at radius 3 is 2.47 bits per heavy atom. The number of fused-ring (bicyclic) bond motifs is 1. The van der Waals surface area contributed by atoms with Crippen molar-refractivity contribution in [2.75, 3.05) is 56.0 Å². The number of halogens is 1. The Kier molecular flexibility index (Phi) is 11.4.